The highest BCUT2D eigenvalue weighted by atomic mass is 32.2. The third kappa shape index (κ3) is 3.42. The zero-order valence-electron chi connectivity index (χ0n) is 10.6. The summed E-state index contributed by atoms with van der Waals surface area (Å²) in [6.07, 6.45) is 0. The number of hydrogen-bond acceptors (Lipinski definition) is 4. The predicted molar refractivity (Wildman–Crippen MR) is 72.7 cm³/mol. The van der Waals surface area contributed by atoms with Crippen molar-refractivity contribution in [3.63, 3.8) is 0 Å². The van der Waals surface area contributed by atoms with Gasteiger partial charge in [-0.25, -0.2) is 9.37 Å². The number of rotatable bonds is 3. The summed E-state index contributed by atoms with van der Waals surface area (Å²) >= 11 is 1.08. The lowest BCUT2D eigenvalue weighted by Gasteiger charge is -2.08. The molecular weight excluding hydrogens is 265 g/mol. The number of nitrogens with two attached hydrogens (primary N) is 1. The average molecular weight is 279 g/mol. The van der Waals surface area contributed by atoms with Crippen LogP contribution in [-0.4, -0.2) is 9.97 Å². The fraction of sp³-hybridized carbons (Fsp3) is 0.231. The molecule has 1 aromatic heterocycles. The van der Waals surface area contributed by atoms with E-state index in [0.29, 0.717) is 15.7 Å². The van der Waals surface area contributed by atoms with Crippen LogP contribution in [0.25, 0.3) is 0 Å². The second kappa shape index (κ2) is 5.54. The van der Waals surface area contributed by atoms with Gasteiger partial charge in [0.15, 0.2) is 5.16 Å². The van der Waals surface area contributed by atoms with E-state index in [1.807, 2.05) is 0 Å². The van der Waals surface area contributed by atoms with Crippen molar-refractivity contribution in [1.82, 2.24) is 9.97 Å². The molecule has 6 heteroatoms. The minimum atomic E-state index is -0.371. The number of halogens is 1. The molecule has 0 aliphatic rings. The first-order chi connectivity index (χ1) is 8.95. The summed E-state index contributed by atoms with van der Waals surface area (Å²) < 4.78 is 13.9. The Morgan fingerprint density at radius 3 is 2.74 bits per heavy atom. The van der Waals surface area contributed by atoms with E-state index < -0.39 is 0 Å². The van der Waals surface area contributed by atoms with Gasteiger partial charge in [-0.3, -0.25) is 4.79 Å². The molecule has 0 amide bonds. The second-order valence-corrected chi connectivity index (χ2v) is 5.30. The van der Waals surface area contributed by atoms with Crippen molar-refractivity contribution in [3.8, 4) is 0 Å². The van der Waals surface area contributed by atoms with Crippen molar-refractivity contribution in [1.29, 1.82) is 0 Å². The van der Waals surface area contributed by atoms with Crippen LogP contribution in [0.5, 0.6) is 0 Å². The van der Waals surface area contributed by atoms with Crippen molar-refractivity contribution in [2.45, 2.75) is 29.9 Å². The third-order valence-corrected chi connectivity index (χ3v) is 3.47. The first-order valence-electron chi connectivity index (χ1n) is 5.76. The zero-order chi connectivity index (χ0) is 14.0. The Hall–Kier alpha value is -1.66. The number of hydrogen-bond donors (Lipinski definition) is 2. The van der Waals surface area contributed by atoms with Crippen LogP contribution >= 0.6 is 11.8 Å². The minimum Gasteiger partial charge on any atom is -0.324 e. The summed E-state index contributed by atoms with van der Waals surface area (Å²) in [7, 11) is 0. The van der Waals surface area contributed by atoms with Gasteiger partial charge < -0.3 is 10.7 Å². The Morgan fingerprint density at radius 2 is 2.16 bits per heavy atom. The topological polar surface area (TPSA) is 71.8 Å². The molecule has 4 nitrogen and oxygen atoms in total. The highest BCUT2D eigenvalue weighted by Crippen LogP contribution is 2.28. The molecule has 3 N–H and O–H groups in total. The molecule has 1 heterocycles. The predicted octanol–water partition coefficient (Wildman–Crippen LogP) is 2.39. The number of nitrogens with zero attached hydrogens (tertiary/aromatic N) is 1. The molecule has 0 bridgehead atoms. The summed E-state index contributed by atoms with van der Waals surface area (Å²) in [6.45, 7) is 3.51. The molecule has 0 fully saturated rings. The molecule has 0 spiro atoms. The van der Waals surface area contributed by atoms with Gasteiger partial charge in [-0.05, 0) is 43.3 Å². The van der Waals surface area contributed by atoms with Crippen LogP contribution in [-0.2, 0) is 0 Å². The van der Waals surface area contributed by atoms with Crippen LogP contribution < -0.4 is 11.3 Å². The van der Waals surface area contributed by atoms with Crippen LogP contribution in [0.1, 0.15) is 24.2 Å². The number of H-pyrrole nitrogens is 1. The van der Waals surface area contributed by atoms with E-state index in [1.54, 1.807) is 26.0 Å². The summed E-state index contributed by atoms with van der Waals surface area (Å²) in [5.41, 5.74) is 6.77. The van der Waals surface area contributed by atoms with Gasteiger partial charge in [-0.2, -0.15) is 0 Å². The fourth-order valence-corrected chi connectivity index (χ4v) is 2.43. The molecule has 0 aliphatic heterocycles. The largest absolute Gasteiger partial charge is 0.324 e. The molecule has 0 unspecified atom stereocenters. The zero-order valence-corrected chi connectivity index (χ0v) is 11.4. The molecule has 19 heavy (non-hydrogen) atoms. The maximum Gasteiger partial charge on any atom is 0.251 e. The smallest absolute Gasteiger partial charge is 0.251 e. The Labute approximate surface area is 114 Å². The van der Waals surface area contributed by atoms with Gasteiger partial charge in [0.25, 0.3) is 5.56 Å². The molecule has 2 rings (SSSR count). The van der Waals surface area contributed by atoms with Crippen LogP contribution in [0.3, 0.4) is 0 Å². The van der Waals surface area contributed by atoms with Crippen LogP contribution in [0.15, 0.2) is 39.1 Å². The lowest BCUT2D eigenvalue weighted by molar-refractivity contribution is 0.596. The van der Waals surface area contributed by atoms with E-state index in [4.69, 9.17) is 5.73 Å². The van der Waals surface area contributed by atoms with Crippen molar-refractivity contribution >= 4 is 11.8 Å². The first-order valence-corrected chi connectivity index (χ1v) is 6.58. The van der Waals surface area contributed by atoms with E-state index in [2.05, 4.69) is 9.97 Å². The van der Waals surface area contributed by atoms with E-state index >= 15 is 0 Å². The number of nitrogens with one attached hydrogen (secondary N) is 1. The highest BCUT2D eigenvalue weighted by Gasteiger charge is 2.09. The number of aromatic amines is 1. The molecule has 0 saturated heterocycles. The molecule has 100 valence electrons. The Bertz CT molecular complexity index is 655. The van der Waals surface area contributed by atoms with Gasteiger partial charge in [-0.15, -0.1) is 0 Å². The number of aryl methyl sites for hydroxylation is 1. The molecule has 0 aliphatic carbocycles. The van der Waals surface area contributed by atoms with Gasteiger partial charge in [-0.1, -0.05) is 6.07 Å². The lowest BCUT2D eigenvalue weighted by Crippen LogP contribution is -2.08. The monoisotopic (exact) mass is 279 g/mol. The van der Waals surface area contributed by atoms with Crippen molar-refractivity contribution in [2.75, 3.05) is 0 Å². The number of benzene rings is 1. The van der Waals surface area contributed by atoms with Gasteiger partial charge >= 0.3 is 0 Å². The fourth-order valence-electron chi connectivity index (χ4n) is 1.59. The Balaban J connectivity index is 2.30. The second-order valence-electron chi connectivity index (χ2n) is 4.27. The van der Waals surface area contributed by atoms with Crippen molar-refractivity contribution in [3.05, 3.63) is 51.7 Å². The highest BCUT2D eigenvalue weighted by molar-refractivity contribution is 7.99. The molecule has 1 aromatic carbocycles. The van der Waals surface area contributed by atoms with Gasteiger partial charge in [0, 0.05) is 17.8 Å². The normalized spacial score (nSPS) is 12.4. The SMILES string of the molecule is Cc1cc(=O)[nH]c(Sc2ccc([C@H](C)N)cc2F)n1. The van der Waals surface area contributed by atoms with E-state index in [-0.39, 0.29) is 17.4 Å². The van der Waals surface area contributed by atoms with Crippen molar-refractivity contribution in [2.24, 2.45) is 5.73 Å². The summed E-state index contributed by atoms with van der Waals surface area (Å²) in [6, 6.07) is 5.98. The van der Waals surface area contributed by atoms with Gasteiger partial charge in [0.2, 0.25) is 0 Å². The lowest BCUT2D eigenvalue weighted by atomic mass is 10.1. The third-order valence-electron chi connectivity index (χ3n) is 2.54. The number of aromatic nitrogens is 2. The Kier molecular flexibility index (Phi) is 4.01. The van der Waals surface area contributed by atoms with E-state index in [1.165, 1.54) is 12.1 Å². The van der Waals surface area contributed by atoms with Gasteiger partial charge in [0.05, 0.1) is 4.90 Å². The maximum absolute atomic E-state index is 13.9. The van der Waals surface area contributed by atoms with E-state index in [9.17, 15) is 9.18 Å². The molecule has 0 saturated carbocycles. The minimum absolute atomic E-state index is 0.217. The maximum atomic E-state index is 13.9. The summed E-state index contributed by atoms with van der Waals surface area (Å²) in [4.78, 5) is 18.4. The van der Waals surface area contributed by atoms with Gasteiger partial charge in [0.1, 0.15) is 5.82 Å². The standard InChI is InChI=1S/C13H14FN3OS/c1-7-5-12(18)17-13(16-7)19-11-4-3-9(8(2)15)6-10(11)14/h3-6,8H,15H2,1-2H3,(H,16,17,18)/t8-/m0/s1. The molecule has 2 aromatic rings. The first kappa shape index (κ1) is 13.8. The summed E-state index contributed by atoms with van der Waals surface area (Å²) in [5.74, 6) is -0.371. The van der Waals surface area contributed by atoms with Crippen LogP contribution in [0, 0.1) is 12.7 Å². The Morgan fingerprint density at radius 1 is 1.42 bits per heavy atom. The molecule has 1 atom stereocenters. The average Bonchev–Trinajstić information content (AvgIpc) is 2.30. The van der Waals surface area contributed by atoms with Crippen LogP contribution in [0.2, 0.25) is 0 Å². The molecular formula is C13H14FN3OS. The summed E-state index contributed by atoms with van der Waals surface area (Å²) in [5, 5.41) is 0.373. The quantitative estimate of drug-likeness (QED) is 0.846. The van der Waals surface area contributed by atoms with E-state index in [0.717, 1.165) is 17.3 Å². The molecule has 0 radical (unpaired) electrons. The van der Waals surface area contributed by atoms with Crippen molar-refractivity contribution < 1.29 is 4.39 Å². The van der Waals surface area contributed by atoms with Crippen LogP contribution in [0.4, 0.5) is 4.39 Å².